The third kappa shape index (κ3) is 4.07. The van der Waals surface area contributed by atoms with Crippen molar-refractivity contribution in [3.05, 3.63) is 72.0 Å². The molecule has 0 saturated heterocycles. The smallest absolute Gasteiger partial charge is 0.311 e. The van der Waals surface area contributed by atoms with Gasteiger partial charge in [-0.1, -0.05) is 17.7 Å². The summed E-state index contributed by atoms with van der Waals surface area (Å²) in [5.74, 6) is 0.842. The number of carbonyl (C=O) groups is 1. The van der Waals surface area contributed by atoms with Gasteiger partial charge >= 0.3 is 5.97 Å². The second-order valence-electron chi connectivity index (χ2n) is 5.41. The quantitative estimate of drug-likeness (QED) is 0.517. The largest absolute Gasteiger partial charge is 0.441 e. The summed E-state index contributed by atoms with van der Waals surface area (Å²) >= 11 is 0. The van der Waals surface area contributed by atoms with Gasteiger partial charge in [0.15, 0.2) is 11.7 Å². The maximum Gasteiger partial charge on any atom is 0.311 e. The Bertz CT molecular complexity index is 823. The van der Waals surface area contributed by atoms with Crippen molar-refractivity contribution in [2.75, 3.05) is 0 Å². The molecule has 0 saturated carbocycles. The fourth-order valence-corrected chi connectivity index (χ4v) is 2.17. The first-order valence-electron chi connectivity index (χ1n) is 7.58. The number of benzene rings is 2. The molecule has 1 aromatic heterocycles. The molecule has 5 heteroatoms. The average Bonchev–Trinajstić information content (AvgIpc) is 3.05. The minimum absolute atomic E-state index is 0.164. The Morgan fingerprint density at radius 1 is 1.12 bits per heavy atom. The normalized spacial score (nSPS) is 10.6. The van der Waals surface area contributed by atoms with Gasteiger partial charge in [0, 0.05) is 12.0 Å². The number of rotatable bonds is 5. The molecule has 0 radical (unpaired) electrons. The molecule has 0 aliphatic rings. The SMILES string of the molecule is Cc1ccc(OC(=O)CCc2ncc(-c3ccc(F)cc3)o2)cc1. The van der Waals surface area contributed by atoms with Crippen LogP contribution < -0.4 is 4.74 Å². The maximum absolute atomic E-state index is 12.9. The van der Waals surface area contributed by atoms with Gasteiger partial charge in [-0.2, -0.15) is 0 Å². The lowest BCUT2D eigenvalue weighted by atomic mass is 10.2. The Hall–Kier alpha value is -2.95. The Morgan fingerprint density at radius 2 is 1.83 bits per heavy atom. The molecule has 3 rings (SSSR count). The Labute approximate surface area is 138 Å². The second kappa shape index (κ2) is 7.08. The van der Waals surface area contributed by atoms with Gasteiger partial charge in [-0.05, 0) is 43.3 Å². The van der Waals surface area contributed by atoms with Gasteiger partial charge in [-0.25, -0.2) is 9.37 Å². The van der Waals surface area contributed by atoms with Crippen LogP contribution in [0.3, 0.4) is 0 Å². The van der Waals surface area contributed by atoms with Crippen molar-refractivity contribution >= 4 is 5.97 Å². The summed E-state index contributed by atoms with van der Waals surface area (Å²) in [5, 5.41) is 0. The third-order valence-corrected chi connectivity index (χ3v) is 3.48. The van der Waals surface area contributed by atoms with E-state index in [1.807, 2.05) is 19.1 Å². The molecule has 1 heterocycles. The summed E-state index contributed by atoms with van der Waals surface area (Å²) in [6, 6.07) is 13.2. The highest BCUT2D eigenvalue weighted by Crippen LogP contribution is 2.21. The second-order valence-corrected chi connectivity index (χ2v) is 5.41. The lowest BCUT2D eigenvalue weighted by Crippen LogP contribution is -2.09. The maximum atomic E-state index is 12.9. The molecule has 0 unspecified atom stereocenters. The van der Waals surface area contributed by atoms with Crippen LogP contribution in [0.1, 0.15) is 17.9 Å². The number of oxazole rings is 1. The van der Waals surface area contributed by atoms with Gasteiger partial charge in [0.05, 0.1) is 12.6 Å². The highest BCUT2D eigenvalue weighted by molar-refractivity contribution is 5.72. The first-order chi connectivity index (χ1) is 11.6. The monoisotopic (exact) mass is 325 g/mol. The van der Waals surface area contributed by atoms with E-state index in [2.05, 4.69) is 4.98 Å². The minimum atomic E-state index is -0.347. The fourth-order valence-electron chi connectivity index (χ4n) is 2.17. The molecule has 0 amide bonds. The summed E-state index contributed by atoms with van der Waals surface area (Å²) in [6.07, 6.45) is 2.07. The van der Waals surface area contributed by atoms with Crippen LogP contribution in [0.4, 0.5) is 4.39 Å². The van der Waals surface area contributed by atoms with Crippen LogP contribution >= 0.6 is 0 Å². The van der Waals surface area contributed by atoms with E-state index in [9.17, 15) is 9.18 Å². The highest BCUT2D eigenvalue weighted by Gasteiger charge is 2.10. The molecule has 24 heavy (non-hydrogen) atoms. The predicted molar refractivity (Wildman–Crippen MR) is 87.0 cm³/mol. The number of nitrogens with zero attached hydrogens (tertiary/aromatic N) is 1. The standard InChI is InChI=1S/C19H16FNO3/c1-13-2-8-16(9-3-13)23-19(22)11-10-18-21-12-17(24-18)14-4-6-15(20)7-5-14/h2-9,12H,10-11H2,1H3. The van der Waals surface area contributed by atoms with Crippen molar-refractivity contribution in [1.29, 1.82) is 0 Å². The molecule has 0 atom stereocenters. The Kier molecular flexibility index (Phi) is 4.70. The third-order valence-electron chi connectivity index (χ3n) is 3.48. The lowest BCUT2D eigenvalue weighted by Gasteiger charge is -2.03. The van der Waals surface area contributed by atoms with E-state index in [0.717, 1.165) is 11.1 Å². The summed E-state index contributed by atoms with van der Waals surface area (Å²) in [6.45, 7) is 1.97. The first kappa shape index (κ1) is 15.9. The average molecular weight is 325 g/mol. The number of halogens is 1. The van der Waals surface area contributed by atoms with Crippen LogP contribution in [0, 0.1) is 12.7 Å². The molecule has 0 bridgehead atoms. The zero-order chi connectivity index (χ0) is 16.9. The van der Waals surface area contributed by atoms with Gasteiger partial charge in [0.25, 0.3) is 0 Å². The van der Waals surface area contributed by atoms with Gasteiger partial charge in [-0.3, -0.25) is 4.79 Å². The van der Waals surface area contributed by atoms with Crippen molar-refractivity contribution in [2.45, 2.75) is 19.8 Å². The summed E-state index contributed by atoms with van der Waals surface area (Å²) in [4.78, 5) is 16.0. The van der Waals surface area contributed by atoms with E-state index < -0.39 is 0 Å². The van der Waals surface area contributed by atoms with E-state index in [-0.39, 0.29) is 18.2 Å². The lowest BCUT2D eigenvalue weighted by molar-refractivity contribution is -0.134. The number of hydrogen-bond donors (Lipinski definition) is 0. The fraction of sp³-hybridized carbons (Fsp3) is 0.158. The van der Waals surface area contributed by atoms with Crippen molar-refractivity contribution in [3.8, 4) is 17.1 Å². The summed E-state index contributed by atoms with van der Waals surface area (Å²) in [7, 11) is 0. The van der Waals surface area contributed by atoms with Crippen LogP contribution in [-0.2, 0) is 11.2 Å². The Balaban J connectivity index is 1.56. The van der Waals surface area contributed by atoms with Gasteiger partial charge in [-0.15, -0.1) is 0 Å². The van der Waals surface area contributed by atoms with Gasteiger partial charge in [0.2, 0.25) is 0 Å². The van der Waals surface area contributed by atoms with Crippen LogP contribution in [0.15, 0.2) is 59.1 Å². The molecule has 2 aromatic carbocycles. The molecule has 0 N–H and O–H groups in total. The topological polar surface area (TPSA) is 52.3 Å². The van der Waals surface area contributed by atoms with Crippen molar-refractivity contribution in [2.24, 2.45) is 0 Å². The molecular formula is C19H16FNO3. The van der Waals surface area contributed by atoms with Gasteiger partial charge < -0.3 is 9.15 Å². The van der Waals surface area contributed by atoms with Crippen LogP contribution in [-0.4, -0.2) is 11.0 Å². The van der Waals surface area contributed by atoms with Crippen molar-refractivity contribution < 1.29 is 18.3 Å². The number of aryl methyl sites for hydroxylation is 2. The Morgan fingerprint density at radius 3 is 2.54 bits per heavy atom. The number of ether oxygens (including phenoxy) is 1. The van der Waals surface area contributed by atoms with E-state index >= 15 is 0 Å². The number of carbonyl (C=O) groups excluding carboxylic acids is 1. The zero-order valence-corrected chi connectivity index (χ0v) is 13.2. The molecule has 0 fully saturated rings. The molecule has 3 aromatic rings. The highest BCUT2D eigenvalue weighted by atomic mass is 19.1. The van der Waals surface area contributed by atoms with Gasteiger partial charge in [0.1, 0.15) is 11.6 Å². The molecule has 0 spiro atoms. The molecular weight excluding hydrogens is 309 g/mol. The first-order valence-corrected chi connectivity index (χ1v) is 7.58. The molecule has 0 aliphatic heterocycles. The van der Waals surface area contributed by atoms with E-state index in [1.54, 1.807) is 30.5 Å². The minimum Gasteiger partial charge on any atom is -0.441 e. The molecule has 0 aliphatic carbocycles. The summed E-state index contributed by atoms with van der Waals surface area (Å²) in [5.41, 5.74) is 1.83. The predicted octanol–water partition coefficient (Wildman–Crippen LogP) is 4.33. The molecule has 4 nitrogen and oxygen atoms in total. The van der Waals surface area contributed by atoms with E-state index in [1.165, 1.54) is 12.1 Å². The van der Waals surface area contributed by atoms with Crippen molar-refractivity contribution in [3.63, 3.8) is 0 Å². The van der Waals surface area contributed by atoms with Crippen LogP contribution in [0.5, 0.6) is 5.75 Å². The number of aromatic nitrogens is 1. The van der Waals surface area contributed by atoms with Crippen LogP contribution in [0.2, 0.25) is 0 Å². The molecule has 122 valence electrons. The zero-order valence-electron chi connectivity index (χ0n) is 13.2. The number of esters is 1. The number of hydrogen-bond acceptors (Lipinski definition) is 4. The van der Waals surface area contributed by atoms with E-state index in [0.29, 0.717) is 23.8 Å². The van der Waals surface area contributed by atoms with Crippen LogP contribution in [0.25, 0.3) is 11.3 Å². The van der Waals surface area contributed by atoms with E-state index in [4.69, 9.17) is 9.15 Å². The van der Waals surface area contributed by atoms with Crippen molar-refractivity contribution in [1.82, 2.24) is 4.98 Å². The summed E-state index contributed by atoms with van der Waals surface area (Å²) < 4.78 is 23.8.